The Morgan fingerprint density at radius 1 is 1.20 bits per heavy atom. The molecule has 0 bridgehead atoms. The summed E-state index contributed by atoms with van der Waals surface area (Å²) < 4.78 is 6.06. The molecule has 35 heavy (non-hydrogen) atoms. The molecule has 3 heterocycles. The van der Waals surface area contributed by atoms with E-state index in [9.17, 15) is 4.79 Å². The summed E-state index contributed by atoms with van der Waals surface area (Å²) in [7, 11) is 0. The molecule has 188 valence electrons. The maximum atomic E-state index is 12.9. The number of rotatable bonds is 9. The molecule has 2 aliphatic heterocycles. The molecule has 2 fully saturated rings. The van der Waals surface area contributed by atoms with Crippen LogP contribution in [0.3, 0.4) is 0 Å². The number of hydrogen-bond donors (Lipinski definition) is 2. The predicted molar refractivity (Wildman–Crippen MR) is 140 cm³/mol. The number of benzene rings is 1. The zero-order chi connectivity index (χ0) is 24.8. The summed E-state index contributed by atoms with van der Waals surface area (Å²) in [6.07, 6.45) is 9.86. The first kappa shape index (κ1) is 25.5. The Balaban J connectivity index is 1.20. The van der Waals surface area contributed by atoms with Gasteiger partial charge in [-0.05, 0) is 88.1 Å². The van der Waals surface area contributed by atoms with E-state index < -0.39 is 0 Å². The summed E-state index contributed by atoms with van der Waals surface area (Å²) >= 11 is 5.89. The molecule has 0 radical (unpaired) electrons. The molecule has 8 heteroatoms. The first-order chi connectivity index (χ1) is 16.9. The molecular formula is C27H36ClN5O2. The summed E-state index contributed by atoms with van der Waals surface area (Å²) in [5.74, 6) is 2.18. The summed E-state index contributed by atoms with van der Waals surface area (Å²) in [5.41, 5.74) is 3.29. The number of amides is 1. The second kappa shape index (κ2) is 11.9. The highest BCUT2D eigenvalue weighted by molar-refractivity contribution is 6.30. The lowest BCUT2D eigenvalue weighted by Gasteiger charge is -2.32. The van der Waals surface area contributed by atoms with Gasteiger partial charge in [-0.2, -0.15) is 0 Å². The van der Waals surface area contributed by atoms with E-state index >= 15 is 0 Å². The monoisotopic (exact) mass is 497 g/mol. The van der Waals surface area contributed by atoms with Crippen LogP contribution in [0.5, 0.6) is 5.75 Å². The van der Waals surface area contributed by atoms with E-state index in [-0.39, 0.29) is 11.9 Å². The van der Waals surface area contributed by atoms with E-state index in [2.05, 4.69) is 32.1 Å². The number of carbonyl (C=O) groups is 1. The van der Waals surface area contributed by atoms with Crippen LogP contribution in [0.2, 0.25) is 5.02 Å². The van der Waals surface area contributed by atoms with Gasteiger partial charge in [-0.1, -0.05) is 18.2 Å². The fraction of sp³-hybridized carbons (Fsp3) is 0.519. The zero-order valence-electron chi connectivity index (χ0n) is 20.8. The van der Waals surface area contributed by atoms with Crippen molar-refractivity contribution >= 4 is 23.5 Å². The van der Waals surface area contributed by atoms with Gasteiger partial charge in [0.2, 0.25) is 5.95 Å². The van der Waals surface area contributed by atoms with Crippen molar-refractivity contribution in [2.24, 2.45) is 5.92 Å². The van der Waals surface area contributed by atoms with Gasteiger partial charge in [-0.3, -0.25) is 4.79 Å². The molecule has 2 aliphatic rings. The van der Waals surface area contributed by atoms with Crippen molar-refractivity contribution in [3.8, 4) is 5.75 Å². The molecular weight excluding hydrogens is 462 g/mol. The molecule has 4 rings (SSSR count). The lowest BCUT2D eigenvalue weighted by Crippen LogP contribution is -2.35. The van der Waals surface area contributed by atoms with E-state index in [1.165, 1.54) is 0 Å². The summed E-state index contributed by atoms with van der Waals surface area (Å²) in [6.45, 7) is 11.6. The molecule has 0 aliphatic carbocycles. The van der Waals surface area contributed by atoms with Gasteiger partial charge >= 0.3 is 0 Å². The van der Waals surface area contributed by atoms with Crippen LogP contribution in [0.1, 0.15) is 60.0 Å². The van der Waals surface area contributed by atoms with E-state index in [0.717, 1.165) is 86.7 Å². The second-order valence-corrected chi connectivity index (χ2v) is 10.1. The number of aromatic nitrogens is 2. The standard InChI is InChI=1S/C27H36ClN5O2/c1-18-14-23(15-19(2)25(18)26(34)32-20(3)24-7-4-10-29-24)35-13-5-6-21-8-11-33(12-9-21)27-30-16-22(28)17-31-27/h14-17,21,24,29H,3-13H2,1-2H3,(H,32,34)/t24-/m0/s1. The average molecular weight is 498 g/mol. The third-order valence-electron chi connectivity index (χ3n) is 7.02. The van der Waals surface area contributed by atoms with Crippen LogP contribution in [0, 0.1) is 19.8 Å². The van der Waals surface area contributed by atoms with Crippen LogP contribution in [0.15, 0.2) is 36.8 Å². The number of nitrogens with one attached hydrogen (secondary N) is 2. The highest BCUT2D eigenvalue weighted by atomic mass is 35.5. The molecule has 1 aromatic carbocycles. The smallest absolute Gasteiger partial charge is 0.255 e. The summed E-state index contributed by atoms with van der Waals surface area (Å²) in [5, 5.41) is 6.92. The number of ether oxygens (including phenoxy) is 1. The Morgan fingerprint density at radius 3 is 2.51 bits per heavy atom. The lowest BCUT2D eigenvalue weighted by atomic mass is 9.92. The first-order valence-electron chi connectivity index (χ1n) is 12.6. The van der Waals surface area contributed by atoms with Crippen LogP contribution in [0.25, 0.3) is 0 Å². The van der Waals surface area contributed by atoms with Gasteiger partial charge in [0.15, 0.2) is 0 Å². The third-order valence-corrected chi connectivity index (χ3v) is 7.21. The van der Waals surface area contributed by atoms with E-state index in [1.807, 2.05) is 26.0 Å². The molecule has 1 aromatic heterocycles. The minimum atomic E-state index is -0.0967. The van der Waals surface area contributed by atoms with Crippen molar-refractivity contribution in [3.63, 3.8) is 0 Å². The van der Waals surface area contributed by atoms with Crippen molar-refractivity contribution in [2.75, 3.05) is 31.1 Å². The number of piperidine rings is 1. The van der Waals surface area contributed by atoms with Crippen molar-refractivity contribution in [3.05, 3.63) is 58.5 Å². The lowest BCUT2D eigenvalue weighted by molar-refractivity contribution is 0.0962. The number of anilines is 1. The maximum absolute atomic E-state index is 12.9. The number of halogens is 1. The zero-order valence-corrected chi connectivity index (χ0v) is 21.5. The Kier molecular flexibility index (Phi) is 8.63. The molecule has 1 atom stereocenters. The van der Waals surface area contributed by atoms with Gasteiger partial charge in [0.25, 0.3) is 5.91 Å². The highest BCUT2D eigenvalue weighted by Crippen LogP contribution is 2.26. The quantitative estimate of drug-likeness (QED) is 0.483. The second-order valence-electron chi connectivity index (χ2n) is 9.68. The SMILES string of the molecule is C=C(NC(=O)c1c(C)cc(OCCCC2CCN(c3ncc(Cl)cn3)CC2)cc1C)[C@@H]1CCCN1. The molecule has 2 N–H and O–H groups in total. The van der Waals surface area contributed by atoms with Gasteiger partial charge in [-0.15, -0.1) is 0 Å². The highest BCUT2D eigenvalue weighted by Gasteiger charge is 2.22. The van der Waals surface area contributed by atoms with Crippen molar-refractivity contribution < 1.29 is 9.53 Å². The van der Waals surface area contributed by atoms with Gasteiger partial charge in [0, 0.05) is 30.4 Å². The Labute approximate surface area is 213 Å². The van der Waals surface area contributed by atoms with E-state index in [0.29, 0.717) is 23.1 Å². The van der Waals surface area contributed by atoms with Gasteiger partial charge < -0.3 is 20.3 Å². The van der Waals surface area contributed by atoms with Crippen molar-refractivity contribution in [2.45, 2.75) is 58.4 Å². The van der Waals surface area contributed by atoms with Crippen molar-refractivity contribution in [1.82, 2.24) is 20.6 Å². The Hall–Kier alpha value is -2.64. The number of aryl methyl sites for hydroxylation is 2. The Bertz CT molecular complexity index is 1010. The molecule has 0 unspecified atom stereocenters. The predicted octanol–water partition coefficient (Wildman–Crippen LogP) is 4.82. The van der Waals surface area contributed by atoms with E-state index in [1.54, 1.807) is 12.4 Å². The Morgan fingerprint density at radius 2 is 1.89 bits per heavy atom. The van der Waals surface area contributed by atoms with Gasteiger partial charge in [0.1, 0.15) is 5.75 Å². The van der Waals surface area contributed by atoms with Gasteiger partial charge in [-0.25, -0.2) is 9.97 Å². The van der Waals surface area contributed by atoms with Crippen LogP contribution < -0.4 is 20.3 Å². The number of hydrogen-bond acceptors (Lipinski definition) is 6. The maximum Gasteiger partial charge on any atom is 0.255 e. The fourth-order valence-corrected chi connectivity index (χ4v) is 5.19. The molecule has 0 spiro atoms. The number of carbonyl (C=O) groups excluding carboxylic acids is 1. The molecule has 1 amide bonds. The fourth-order valence-electron chi connectivity index (χ4n) is 5.10. The topological polar surface area (TPSA) is 79.4 Å². The number of nitrogens with zero attached hydrogens (tertiary/aromatic N) is 3. The molecule has 0 saturated carbocycles. The minimum absolute atomic E-state index is 0.0967. The first-order valence-corrected chi connectivity index (χ1v) is 13.0. The van der Waals surface area contributed by atoms with E-state index in [4.69, 9.17) is 16.3 Å². The third kappa shape index (κ3) is 6.73. The van der Waals surface area contributed by atoms with Gasteiger partial charge in [0.05, 0.1) is 24.0 Å². The van der Waals surface area contributed by atoms with Crippen LogP contribution in [0.4, 0.5) is 5.95 Å². The van der Waals surface area contributed by atoms with Crippen LogP contribution >= 0.6 is 11.6 Å². The minimum Gasteiger partial charge on any atom is -0.494 e. The van der Waals surface area contributed by atoms with Crippen molar-refractivity contribution in [1.29, 1.82) is 0 Å². The molecule has 2 aromatic rings. The largest absolute Gasteiger partial charge is 0.494 e. The van der Waals surface area contributed by atoms with Crippen LogP contribution in [-0.2, 0) is 0 Å². The molecule has 7 nitrogen and oxygen atoms in total. The normalized spacial score (nSPS) is 18.5. The summed E-state index contributed by atoms with van der Waals surface area (Å²) in [6, 6.07) is 4.09. The molecule has 2 saturated heterocycles. The summed E-state index contributed by atoms with van der Waals surface area (Å²) in [4.78, 5) is 23.8. The average Bonchev–Trinajstić information content (AvgIpc) is 3.38. The van der Waals surface area contributed by atoms with Crippen LogP contribution in [-0.4, -0.2) is 48.2 Å².